The molecule has 4 heterocycles. The number of hydrogen-bond donors (Lipinski definition) is 4. The molecule has 0 amide bonds. The summed E-state index contributed by atoms with van der Waals surface area (Å²) >= 11 is 0. The largest absolute Gasteiger partial charge is 0.388 e. The third-order valence-electron chi connectivity index (χ3n) is 7.83. The monoisotopic (exact) mass is 510 g/mol. The van der Waals surface area contributed by atoms with Crippen LogP contribution in [0.25, 0.3) is 11.0 Å². The van der Waals surface area contributed by atoms with E-state index in [0.717, 1.165) is 16.5 Å². The van der Waals surface area contributed by atoms with Gasteiger partial charge in [0.05, 0.1) is 18.3 Å². The van der Waals surface area contributed by atoms with Gasteiger partial charge in [-0.25, -0.2) is 4.98 Å². The molecule has 11 heteroatoms. The van der Waals surface area contributed by atoms with E-state index in [1.807, 2.05) is 27.7 Å². The molecule has 2 saturated heterocycles. The van der Waals surface area contributed by atoms with Crippen molar-refractivity contribution in [3.8, 4) is 0 Å². The SMILES string of the molecule is CCC(CC)(CC1OC(c2cc3c(C)c(C)cnc3[nH]c2=O)C(O)C1O)OP(=O)(O)C1(CC)CO1. The van der Waals surface area contributed by atoms with Gasteiger partial charge in [0.2, 0.25) is 0 Å². The number of fused-ring (bicyclic) bond motifs is 1. The lowest BCUT2D eigenvalue weighted by Crippen LogP contribution is -2.40. The zero-order valence-corrected chi connectivity index (χ0v) is 21.7. The van der Waals surface area contributed by atoms with E-state index in [1.54, 1.807) is 19.2 Å². The van der Waals surface area contributed by atoms with Crippen molar-refractivity contribution in [2.75, 3.05) is 6.61 Å². The summed E-state index contributed by atoms with van der Waals surface area (Å²) in [4.78, 5) is 30.6. The van der Waals surface area contributed by atoms with Gasteiger partial charge in [-0.15, -0.1) is 0 Å². The van der Waals surface area contributed by atoms with Crippen molar-refractivity contribution in [1.29, 1.82) is 0 Å². The Kier molecular flexibility index (Phi) is 7.05. The number of pyridine rings is 2. The maximum atomic E-state index is 13.1. The lowest BCUT2D eigenvalue weighted by Gasteiger charge is -2.37. The van der Waals surface area contributed by atoms with Crippen LogP contribution in [0.4, 0.5) is 0 Å². The van der Waals surface area contributed by atoms with Crippen LogP contribution < -0.4 is 5.56 Å². The molecule has 2 aromatic heterocycles. The van der Waals surface area contributed by atoms with Gasteiger partial charge in [-0.05, 0) is 50.3 Å². The molecule has 2 fully saturated rings. The molecule has 0 aromatic carbocycles. The third kappa shape index (κ3) is 4.50. The number of ether oxygens (including phenoxy) is 2. The number of epoxide rings is 1. The Morgan fingerprint density at radius 1 is 1.26 bits per heavy atom. The minimum absolute atomic E-state index is 0.0598. The average Bonchev–Trinajstić information content (AvgIpc) is 3.60. The number of aliphatic hydroxyl groups excluding tert-OH is 2. The second-order valence-electron chi connectivity index (χ2n) is 9.75. The van der Waals surface area contributed by atoms with Gasteiger partial charge in [0.15, 0.2) is 5.34 Å². The highest BCUT2D eigenvalue weighted by molar-refractivity contribution is 7.54. The normalized spacial score (nSPS) is 30.5. The molecule has 10 nitrogen and oxygen atoms in total. The molecule has 2 aromatic rings. The van der Waals surface area contributed by atoms with Crippen molar-refractivity contribution >= 4 is 18.6 Å². The van der Waals surface area contributed by atoms with Gasteiger partial charge in [0, 0.05) is 23.6 Å². The van der Waals surface area contributed by atoms with Gasteiger partial charge in [0.25, 0.3) is 5.56 Å². The van der Waals surface area contributed by atoms with E-state index in [1.165, 1.54) is 0 Å². The molecular weight excluding hydrogens is 475 g/mol. The number of nitrogens with zero attached hydrogens (tertiary/aromatic N) is 1. The van der Waals surface area contributed by atoms with Crippen LogP contribution >= 0.6 is 7.60 Å². The molecular formula is C24H35N2O8P. The Morgan fingerprint density at radius 3 is 2.49 bits per heavy atom. The molecule has 2 aliphatic rings. The number of rotatable bonds is 9. The van der Waals surface area contributed by atoms with E-state index in [-0.39, 0.29) is 18.6 Å². The Balaban J connectivity index is 1.62. The molecule has 0 bridgehead atoms. The van der Waals surface area contributed by atoms with Crippen molar-refractivity contribution < 1.29 is 33.7 Å². The van der Waals surface area contributed by atoms with Crippen molar-refractivity contribution in [2.45, 2.75) is 95.7 Å². The van der Waals surface area contributed by atoms with Gasteiger partial charge < -0.3 is 29.6 Å². The van der Waals surface area contributed by atoms with Crippen LogP contribution in [0, 0.1) is 13.8 Å². The Hall–Kier alpha value is -1.65. The lowest BCUT2D eigenvalue weighted by atomic mass is 9.88. The first-order chi connectivity index (χ1) is 16.4. The van der Waals surface area contributed by atoms with E-state index in [0.29, 0.717) is 24.9 Å². The first-order valence-electron chi connectivity index (χ1n) is 12.1. The van der Waals surface area contributed by atoms with Crippen molar-refractivity contribution in [1.82, 2.24) is 9.97 Å². The van der Waals surface area contributed by atoms with E-state index in [9.17, 15) is 24.5 Å². The van der Waals surface area contributed by atoms with E-state index in [2.05, 4.69) is 9.97 Å². The maximum Gasteiger partial charge on any atom is 0.362 e. The van der Waals surface area contributed by atoms with Crippen LogP contribution in [0.3, 0.4) is 0 Å². The van der Waals surface area contributed by atoms with Gasteiger partial charge in [-0.1, -0.05) is 20.8 Å². The molecule has 35 heavy (non-hydrogen) atoms. The van der Waals surface area contributed by atoms with Crippen molar-refractivity contribution in [2.24, 2.45) is 0 Å². The van der Waals surface area contributed by atoms with E-state index in [4.69, 9.17) is 14.0 Å². The summed E-state index contributed by atoms with van der Waals surface area (Å²) in [5.41, 5.74) is 0.951. The second kappa shape index (κ2) is 9.34. The second-order valence-corrected chi connectivity index (χ2v) is 11.8. The molecule has 0 radical (unpaired) electrons. The number of aromatic amines is 1. The number of aromatic nitrogens is 2. The molecule has 0 spiro atoms. The van der Waals surface area contributed by atoms with Gasteiger partial charge in [-0.3, -0.25) is 13.9 Å². The molecule has 6 unspecified atom stereocenters. The van der Waals surface area contributed by atoms with Crippen LogP contribution in [-0.2, 0) is 18.6 Å². The molecule has 0 saturated carbocycles. The predicted octanol–water partition coefficient (Wildman–Crippen LogP) is 2.99. The third-order valence-corrected chi connectivity index (χ3v) is 10.1. The van der Waals surface area contributed by atoms with Crippen molar-refractivity contribution in [3.05, 3.63) is 39.3 Å². The average molecular weight is 511 g/mol. The summed E-state index contributed by atoms with van der Waals surface area (Å²) in [6.07, 6.45) is -1.84. The van der Waals surface area contributed by atoms with Crippen LogP contribution in [0.2, 0.25) is 0 Å². The highest BCUT2D eigenvalue weighted by Crippen LogP contribution is 2.67. The van der Waals surface area contributed by atoms with Gasteiger partial charge in [-0.2, -0.15) is 0 Å². The summed E-state index contributed by atoms with van der Waals surface area (Å²) in [6.45, 7) is 9.41. The summed E-state index contributed by atoms with van der Waals surface area (Å²) < 4.78 is 30.3. The van der Waals surface area contributed by atoms with Crippen LogP contribution in [0.5, 0.6) is 0 Å². The maximum absolute atomic E-state index is 13.1. The first-order valence-corrected chi connectivity index (χ1v) is 13.7. The smallest absolute Gasteiger partial charge is 0.362 e. The molecule has 194 valence electrons. The summed E-state index contributed by atoms with van der Waals surface area (Å²) in [6, 6.07) is 1.65. The number of hydrogen-bond acceptors (Lipinski definition) is 8. The van der Waals surface area contributed by atoms with Crippen LogP contribution in [0.1, 0.15) is 69.2 Å². The van der Waals surface area contributed by atoms with E-state index >= 15 is 0 Å². The molecule has 4 rings (SSSR count). The van der Waals surface area contributed by atoms with Crippen molar-refractivity contribution in [3.63, 3.8) is 0 Å². The van der Waals surface area contributed by atoms with Gasteiger partial charge >= 0.3 is 7.60 Å². The standard InChI is InChI=1S/C24H35N2O8P/c1-6-23(7-2,34-35(30,31)24(8-3)12-32-24)10-17-18(27)19(28)20(33-17)16-9-15-14(5)13(4)11-25-21(15)26-22(16)29/h9,11,17-20,27-28H,6-8,10,12H2,1-5H3,(H,30,31)(H,25,26,29). The predicted molar refractivity (Wildman–Crippen MR) is 129 cm³/mol. The first kappa shape index (κ1) is 26.4. The highest BCUT2D eigenvalue weighted by Gasteiger charge is 2.62. The Bertz CT molecular complexity index is 1210. The molecule has 0 aliphatic carbocycles. The topological polar surface area (TPSA) is 154 Å². The fourth-order valence-electron chi connectivity index (χ4n) is 4.85. The number of aliphatic hydroxyl groups is 2. The molecule has 4 N–H and O–H groups in total. The Labute approximate surface area is 204 Å². The minimum Gasteiger partial charge on any atom is -0.388 e. The van der Waals surface area contributed by atoms with E-state index < -0.39 is 48.5 Å². The van der Waals surface area contributed by atoms with Crippen LogP contribution in [-0.4, -0.2) is 60.9 Å². The zero-order valence-electron chi connectivity index (χ0n) is 20.8. The highest BCUT2D eigenvalue weighted by atomic mass is 31.2. The van der Waals surface area contributed by atoms with Crippen LogP contribution in [0.15, 0.2) is 17.1 Å². The molecule has 2 aliphatic heterocycles. The van der Waals surface area contributed by atoms with Gasteiger partial charge in [0.1, 0.15) is 24.0 Å². The zero-order chi connectivity index (χ0) is 25.8. The summed E-state index contributed by atoms with van der Waals surface area (Å²) in [5, 5.41) is 21.2. The minimum atomic E-state index is -4.13. The summed E-state index contributed by atoms with van der Waals surface area (Å²) in [5.74, 6) is 0. The quantitative estimate of drug-likeness (QED) is 0.294. The number of H-pyrrole nitrogens is 1. The number of nitrogens with one attached hydrogen (secondary N) is 1. The summed E-state index contributed by atoms with van der Waals surface area (Å²) in [7, 11) is -4.13. The fraction of sp³-hybridized carbons (Fsp3) is 0.667. The lowest BCUT2D eigenvalue weighted by molar-refractivity contribution is -0.0570. The molecule has 6 atom stereocenters. The fourth-order valence-corrected chi connectivity index (χ4v) is 6.66. The number of aryl methyl sites for hydroxylation is 2. The Morgan fingerprint density at radius 2 is 1.91 bits per heavy atom.